The maximum Gasteiger partial charge on any atom is 0.332 e. The summed E-state index contributed by atoms with van der Waals surface area (Å²) >= 11 is 0. The van der Waals surface area contributed by atoms with Crippen molar-refractivity contribution in [1.82, 2.24) is 0 Å². The summed E-state index contributed by atoms with van der Waals surface area (Å²) in [4.78, 5) is 0. The van der Waals surface area contributed by atoms with Crippen LogP contribution in [0.1, 0.15) is 38.7 Å². The standard InChI is InChI=1S/C15H25O3P/c1-3-12-16-19(17-13-4-2)18-14-8-11-15-9-6-5-7-10-15/h5-7,9-10H,3-4,8,11-14H2,1-2H3. The van der Waals surface area contributed by atoms with E-state index in [0.717, 1.165) is 25.7 Å². The van der Waals surface area contributed by atoms with Gasteiger partial charge in [0, 0.05) is 0 Å². The highest BCUT2D eigenvalue weighted by Gasteiger charge is 2.11. The van der Waals surface area contributed by atoms with Gasteiger partial charge in [-0.05, 0) is 31.2 Å². The zero-order valence-corrected chi connectivity index (χ0v) is 12.9. The third-order valence-corrected chi connectivity index (χ3v) is 3.63. The summed E-state index contributed by atoms with van der Waals surface area (Å²) in [7, 11) is -1.15. The van der Waals surface area contributed by atoms with Gasteiger partial charge < -0.3 is 13.6 Å². The Morgan fingerprint density at radius 2 is 1.42 bits per heavy atom. The zero-order chi connectivity index (χ0) is 13.8. The van der Waals surface area contributed by atoms with Gasteiger partial charge in [-0.15, -0.1) is 0 Å². The Kier molecular flexibility index (Phi) is 9.92. The summed E-state index contributed by atoms with van der Waals surface area (Å²) in [5, 5.41) is 0. The molecule has 3 nitrogen and oxygen atoms in total. The van der Waals surface area contributed by atoms with Crippen molar-refractivity contribution in [1.29, 1.82) is 0 Å². The Bertz CT molecular complexity index is 298. The molecule has 0 amide bonds. The molecule has 0 atom stereocenters. The van der Waals surface area contributed by atoms with E-state index in [9.17, 15) is 0 Å². The van der Waals surface area contributed by atoms with Gasteiger partial charge in [-0.1, -0.05) is 44.2 Å². The largest absolute Gasteiger partial charge is 0.332 e. The second-order valence-corrected chi connectivity index (χ2v) is 5.53. The van der Waals surface area contributed by atoms with Crippen molar-refractivity contribution in [3.63, 3.8) is 0 Å². The quantitative estimate of drug-likeness (QED) is 0.435. The second-order valence-electron chi connectivity index (χ2n) is 4.31. The van der Waals surface area contributed by atoms with Crippen molar-refractivity contribution in [2.75, 3.05) is 19.8 Å². The van der Waals surface area contributed by atoms with Gasteiger partial charge in [-0.3, -0.25) is 0 Å². The van der Waals surface area contributed by atoms with Crippen LogP contribution in [0, 0.1) is 0 Å². The average Bonchev–Trinajstić information content (AvgIpc) is 2.46. The molecular weight excluding hydrogens is 259 g/mol. The van der Waals surface area contributed by atoms with Crippen LogP contribution in [0.5, 0.6) is 0 Å². The molecule has 0 spiro atoms. The van der Waals surface area contributed by atoms with Gasteiger partial charge in [0.1, 0.15) is 0 Å². The fraction of sp³-hybridized carbons (Fsp3) is 0.600. The number of benzene rings is 1. The molecule has 0 saturated heterocycles. The molecule has 0 radical (unpaired) electrons. The summed E-state index contributed by atoms with van der Waals surface area (Å²) in [6.45, 7) is 6.27. The lowest BCUT2D eigenvalue weighted by Gasteiger charge is -2.16. The molecule has 1 aromatic carbocycles. The van der Waals surface area contributed by atoms with E-state index in [4.69, 9.17) is 13.6 Å². The first kappa shape index (κ1) is 16.6. The average molecular weight is 284 g/mol. The highest BCUT2D eigenvalue weighted by atomic mass is 31.2. The van der Waals surface area contributed by atoms with Crippen LogP contribution in [0.3, 0.4) is 0 Å². The molecule has 1 aromatic rings. The monoisotopic (exact) mass is 284 g/mol. The molecule has 1 rings (SSSR count). The summed E-state index contributed by atoms with van der Waals surface area (Å²) in [5.74, 6) is 0. The van der Waals surface area contributed by atoms with Crippen molar-refractivity contribution in [3.8, 4) is 0 Å². The number of hydrogen-bond donors (Lipinski definition) is 0. The molecule has 0 heterocycles. The topological polar surface area (TPSA) is 27.7 Å². The van der Waals surface area contributed by atoms with Crippen molar-refractivity contribution in [3.05, 3.63) is 35.9 Å². The number of hydrogen-bond acceptors (Lipinski definition) is 3. The van der Waals surface area contributed by atoms with Gasteiger partial charge in [0.2, 0.25) is 0 Å². The predicted molar refractivity (Wildman–Crippen MR) is 80.1 cm³/mol. The first-order chi connectivity index (χ1) is 9.36. The van der Waals surface area contributed by atoms with E-state index in [1.165, 1.54) is 5.56 Å². The van der Waals surface area contributed by atoms with E-state index in [-0.39, 0.29) is 0 Å². The minimum atomic E-state index is -1.15. The van der Waals surface area contributed by atoms with E-state index in [0.29, 0.717) is 19.8 Å². The summed E-state index contributed by atoms with van der Waals surface area (Å²) in [6, 6.07) is 10.5. The molecule has 0 fully saturated rings. The molecule has 0 aliphatic heterocycles. The molecule has 108 valence electrons. The van der Waals surface area contributed by atoms with Crippen molar-refractivity contribution in [2.45, 2.75) is 39.5 Å². The second kappa shape index (κ2) is 11.4. The van der Waals surface area contributed by atoms with Crippen LogP contribution < -0.4 is 0 Å². The van der Waals surface area contributed by atoms with Crippen LogP contribution >= 0.6 is 8.60 Å². The molecule has 0 N–H and O–H groups in total. The van der Waals surface area contributed by atoms with E-state index in [2.05, 4.69) is 38.1 Å². The number of rotatable bonds is 11. The van der Waals surface area contributed by atoms with Crippen LogP contribution in [0.4, 0.5) is 0 Å². The van der Waals surface area contributed by atoms with Crippen molar-refractivity contribution in [2.24, 2.45) is 0 Å². The highest BCUT2D eigenvalue weighted by molar-refractivity contribution is 7.41. The Morgan fingerprint density at radius 1 is 0.842 bits per heavy atom. The maximum absolute atomic E-state index is 5.69. The lowest BCUT2D eigenvalue weighted by atomic mass is 10.1. The van der Waals surface area contributed by atoms with Crippen LogP contribution in [-0.4, -0.2) is 19.8 Å². The molecule has 0 saturated carbocycles. The van der Waals surface area contributed by atoms with E-state index in [1.807, 2.05) is 6.07 Å². The molecule has 19 heavy (non-hydrogen) atoms. The first-order valence-corrected chi connectivity index (χ1v) is 8.19. The Morgan fingerprint density at radius 3 is 2.00 bits per heavy atom. The molecule has 0 aliphatic rings. The minimum absolute atomic E-state index is 0.689. The zero-order valence-electron chi connectivity index (χ0n) is 12.0. The van der Waals surface area contributed by atoms with Gasteiger partial charge in [0.25, 0.3) is 0 Å². The SMILES string of the molecule is CCCOP(OCCC)OCCCc1ccccc1. The predicted octanol–water partition coefficient (Wildman–Crippen LogP) is 4.72. The fourth-order valence-corrected chi connectivity index (χ4v) is 2.67. The summed E-state index contributed by atoms with van der Waals surface area (Å²) < 4.78 is 16.8. The summed E-state index contributed by atoms with van der Waals surface area (Å²) in [5.41, 5.74) is 1.35. The molecule has 0 aromatic heterocycles. The first-order valence-electron chi connectivity index (χ1n) is 7.09. The Balaban J connectivity index is 2.16. The fourth-order valence-electron chi connectivity index (χ4n) is 1.50. The van der Waals surface area contributed by atoms with Crippen molar-refractivity contribution >= 4 is 8.60 Å². The maximum atomic E-state index is 5.69. The molecule has 0 bridgehead atoms. The van der Waals surface area contributed by atoms with Crippen LogP contribution in [-0.2, 0) is 20.0 Å². The smallest absolute Gasteiger partial charge is 0.312 e. The third kappa shape index (κ3) is 8.33. The summed E-state index contributed by atoms with van der Waals surface area (Å²) in [6.07, 6.45) is 4.00. The number of aryl methyl sites for hydroxylation is 1. The van der Waals surface area contributed by atoms with Crippen LogP contribution in [0.25, 0.3) is 0 Å². The lowest BCUT2D eigenvalue weighted by Crippen LogP contribution is -2.00. The van der Waals surface area contributed by atoms with Gasteiger partial charge in [-0.2, -0.15) is 0 Å². The van der Waals surface area contributed by atoms with Crippen molar-refractivity contribution < 1.29 is 13.6 Å². The normalized spacial score (nSPS) is 11.1. The molecule has 0 aliphatic carbocycles. The van der Waals surface area contributed by atoms with Crippen LogP contribution in [0.2, 0.25) is 0 Å². The minimum Gasteiger partial charge on any atom is -0.312 e. The van der Waals surface area contributed by atoms with Crippen LogP contribution in [0.15, 0.2) is 30.3 Å². The van der Waals surface area contributed by atoms with Gasteiger partial charge in [0.15, 0.2) is 0 Å². The van der Waals surface area contributed by atoms with Gasteiger partial charge in [0.05, 0.1) is 19.8 Å². The molecule has 0 unspecified atom stereocenters. The Hall–Kier alpha value is -0.470. The van der Waals surface area contributed by atoms with E-state index < -0.39 is 8.60 Å². The Labute approximate surface area is 118 Å². The van der Waals surface area contributed by atoms with Gasteiger partial charge >= 0.3 is 8.60 Å². The lowest BCUT2D eigenvalue weighted by molar-refractivity contribution is 0.159. The third-order valence-electron chi connectivity index (χ3n) is 2.45. The van der Waals surface area contributed by atoms with E-state index >= 15 is 0 Å². The van der Waals surface area contributed by atoms with E-state index in [1.54, 1.807) is 0 Å². The molecule has 4 heteroatoms. The van der Waals surface area contributed by atoms with Gasteiger partial charge in [-0.25, -0.2) is 0 Å². The highest BCUT2D eigenvalue weighted by Crippen LogP contribution is 2.39. The molecular formula is C15H25O3P.